The van der Waals surface area contributed by atoms with E-state index >= 15 is 0 Å². The lowest BCUT2D eigenvalue weighted by Crippen LogP contribution is -2.43. The smallest absolute Gasteiger partial charge is 0.337 e. The fourth-order valence-electron chi connectivity index (χ4n) is 3.22. The van der Waals surface area contributed by atoms with Gasteiger partial charge in [0, 0.05) is 11.6 Å². The Hall–Kier alpha value is -3.06. The Morgan fingerprint density at radius 3 is 2.62 bits per heavy atom. The van der Waals surface area contributed by atoms with E-state index in [1.807, 2.05) is 6.92 Å². The summed E-state index contributed by atoms with van der Waals surface area (Å²) in [4.78, 5) is 39.3. The van der Waals surface area contributed by atoms with Crippen LogP contribution >= 0.6 is 11.6 Å². The number of halogens is 1. The lowest BCUT2D eigenvalue weighted by Gasteiger charge is -2.20. The van der Waals surface area contributed by atoms with Crippen molar-refractivity contribution in [3.8, 4) is 11.4 Å². The minimum Gasteiger partial charge on any atom is -0.495 e. The van der Waals surface area contributed by atoms with Crippen LogP contribution in [0, 0.1) is 0 Å². The number of methoxy groups -OCH3 is 1. The number of nitrogens with one attached hydrogen (secondary N) is 1. The Kier molecular flexibility index (Phi) is 6.08. The third-order valence-corrected chi connectivity index (χ3v) is 4.93. The molecule has 3 rings (SSSR count). The Balaban J connectivity index is 2.38. The van der Waals surface area contributed by atoms with Crippen molar-refractivity contribution in [1.82, 2.24) is 14.5 Å². The Morgan fingerprint density at radius 1 is 1.21 bits per heavy atom. The molecule has 1 amide bonds. The van der Waals surface area contributed by atoms with Crippen molar-refractivity contribution in [2.24, 2.45) is 0 Å². The third-order valence-electron chi connectivity index (χ3n) is 4.69. The lowest BCUT2D eigenvalue weighted by molar-refractivity contribution is -0.123. The van der Waals surface area contributed by atoms with Crippen molar-refractivity contribution >= 4 is 28.4 Å². The van der Waals surface area contributed by atoms with E-state index in [0.717, 1.165) is 11.0 Å². The molecule has 0 saturated heterocycles. The zero-order valence-electron chi connectivity index (χ0n) is 16.4. The van der Waals surface area contributed by atoms with E-state index in [1.54, 1.807) is 43.3 Å². The summed E-state index contributed by atoms with van der Waals surface area (Å²) >= 11 is 6.12. The highest BCUT2D eigenvalue weighted by molar-refractivity contribution is 6.31. The molecule has 152 valence electrons. The van der Waals surface area contributed by atoms with Crippen molar-refractivity contribution in [3.05, 3.63) is 68.3 Å². The van der Waals surface area contributed by atoms with Crippen LogP contribution in [-0.2, 0) is 4.79 Å². The molecule has 0 aliphatic rings. The number of rotatable bonds is 6. The molecule has 1 N–H and O–H groups in total. The van der Waals surface area contributed by atoms with Gasteiger partial charge in [-0.05, 0) is 43.7 Å². The van der Waals surface area contributed by atoms with E-state index in [9.17, 15) is 14.4 Å². The van der Waals surface area contributed by atoms with Crippen LogP contribution in [0.1, 0.15) is 26.3 Å². The normalized spacial score (nSPS) is 12.0. The van der Waals surface area contributed by atoms with Crippen LogP contribution < -0.4 is 21.3 Å². The number of carbonyl (C=O) groups is 1. The fraction of sp³-hybridized carbons (Fsp3) is 0.286. The van der Waals surface area contributed by atoms with Gasteiger partial charge in [0.05, 0.1) is 23.7 Å². The minimum atomic E-state index is -0.850. The molecule has 0 spiro atoms. The average molecular weight is 416 g/mol. The first kappa shape index (κ1) is 20.7. The van der Waals surface area contributed by atoms with Gasteiger partial charge in [-0.25, -0.2) is 9.36 Å². The maximum atomic E-state index is 13.5. The largest absolute Gasteiger partial charge is 0.495 e. The summed E-state index contributed by atoms with van der Waals surface area (Å²) in [6.45, 7) is 4.04. The van der Waals surface area contributed by atoms with Crippen LogP contribution in [0.2, 0.25) is 5.02 Å². The number of hydrogen-bond acceptors (Lipinski definition) is 4. The van der Waals surface area contributed by atoms with Gasteiger partial charge in [0.2, 0.25) is 5.91 Å². The number of carbonyl (C=O) groups excluding carboxylic acids is 1. The number of ether oxygens (including phenoxy) is 1. The van der Waals surface area contributed by atoms with Crippen LogP contribution in [-0.4, -0.2) is 28.7 Å². The number of benzene rings is 2. The van der Waals surface area contributed by atoms with Crippen LogP contribution in [0.15, 0.2) is 52.1 Å². The fourth-order valence-corrected chi connectivity index (χ4v) is 3.38. The maximum Gasteiger partial charge on any atom is 0.337 e. The standard InChI is InChI=1S/C21H22ClN3O4/c1-4-11-23-19(26)13(2)24-17-12-14(22)9-10-15(17)20(27)25(21(24)28)16-7-5-6-8-18(16)29-3/h5-10,12-13H,4,11H2,1-3H3,(H,23,26)/t13-/m0/s1. The highest BCUT2D eigenvalue weighted by Gasteiger charge is 2.23. The van der Waals surface area contributed by atoms with Gasteiger partial charge in [0.25, 0.3) is 5.56 Å². The van der Waals surface area contributed by atoms with E-state index in [0.29, 0.717) is 28.5 Å². The first-order chi connectivity index (χ1) is 13.9. The third kappa shape index (κ3) is 3.78. The molecule has 0 bridgehead atoms. The molecule has 1 heterocycles. The molecular weight excluding hydrogens is 394 g/mol. The summed E-state index contributed by atoms with van der Waals surface area (Å²) in [5, 5.41) is 3.43. The van der Waals surface area contributed by atoms with Crippen molar-refractivity contribution in [2.45, 2.75) is 26.3 Å². The Labute approximate surface area is 172 Å². The summed E-state index contributed by atoms with van der Waals surface area (Å²) in [5.41, 5.74) is -0.549. The maximum absolute atomic E-state index is 13.5. The first-order valence-electron chi connectivity index (χ1n) is 9.28. The van der Waals surface area contributed by atoms with E-state index in [4.69, 9.17) is 16.3 Å². The predicted molar refractivity (Wildman–Crippen MR) is 113 cm³/mol. The highest BCUT2D eigenvalue weighted by Crippen LogP contribution is 2.23. The molecule has 3 aromatic rings. The molecule has 0 aliphatic heterocycles. The second-order valence-electron chi connectivity index (χ2n) is 6.59. The number of para-hydroxylation sites is 2. The van der Waals surface area contributed by atoms with E-state index in [-0.39, 0.29) is 11.3 Å². The van der Waals surface area contributed by atoms with E-state index in [1.165, 1.54) is 17.7 Å². The first-order valence-corrected chi connectivity index (χ1v) is 9.66. The second-order valence-corrected chi connectivity index (χ2v) is 7.03. The summed E-state index contributed by atoms with van der Waals surface area (Å²) < 4.78 is 7.65. The van der Waals surface area contributed by atoms with Crippen LogP contribution in [0.5, 0.6) is 5.75 Å². The lowest BCUT2D eigenvalue weighted by atomic mass is 10.2. The number of amides is 1. The van der Waals surface area contributed by atoms with Crippen molar-refractivity contribution in [1.29, 1.82) is 0 Å². The summed E-state index contributed by atoms with van der Waals surface area (Å²) in [6, 6.07) is 10.5. The molecule has 0 radical (unpaired) electrons. The highest BCUT2D eigenvalue weighted by atomic mass is 35.5. The molecule has 7 nitrogen and oxygen atoms in total. The van der Waals surface area contributed by atoms with Gasteiger partial charge in [0.1, 0.15) is 11.8 Å². The van der Waals surface area contributed by atoms with Gasteiger partial charge in [-0.1, -0.05) is 30.7 Å². The SMILES string of the molecule is CCCNC(=O)[C@H](C)n1c(=O)n(-c2ccccc2OC)c(=O)c2ccc(Cl)cc21. The van der Waals surface area contributed by atoms with Gasteiger partial charge in [-0.3, -0.25) is 14.2 Å². The van der Waals surface area contributed by atoms with Gasteiger partial charge in [-0.2, -0.15) is 0 Å². The molecule has 1 aromatic heterocycles. The Bertz CT molecular complexity index is 1180. The molecule has 8 heteroatoms. The predicted octanol–water partition coefficient (Wildman–Crippen LogP) is 2.90. The zero-order valence-corrected chi connectivity index (χ0v) is 17.2. The monoisotopic (exact) mass is 415 g/mol. The summed E-state index contributed by atoms with van der Waals surface area (Å²) in [7, 11) is 1.46. The molecule has 0 saturated carbocycles. The number of hydrogen-bond donors (Lipinski definition) is 1. The zero-order chi connectivity index (χ0) is 21.1. The molecule has 0 fully saturated rings. The molecule has 2 aromatic carbocycles. The average Bonchev–Trinajstić information content (AvgIpc) is 2.72. The molecule has 0 unspecified atom stereocenters. The number of aromatic nitrogens is 2. The van der Waals surface area contributed by atoms with Gasteiger partial charge < -0.3 is 10.1 Å². The molecule has 0 aliphatic carbocycles. The quantitative estimate of drug-likeness (QED) is 0.671. The van der Waals surface area contributed by atoms with Gasteiger partial charge in [-0.15, -0.1) is 0 Å². The summed E-state index contributed by atoms with van der Waals surface area (Å²) in [5.74, 6) is 0.0510. The van der Waals surface area contributed by atoms with Crippen LogP contribution in [0.4, 0.5) is 0 Å². The van der Waals surface area contributed by atoms with Crippen molar-refractivity contribution in [3.63, 3.8) is 0 Å². The molecule has 29 heavy (non-hydrogen) atoms. The van der Waals surface area contributed by atoms with Gasteiger partial charge >= 0.3 is 5.69 Å². The van der Waals surface area contributed by atoms with Crippen LogP contribution in [0.3, 0.4) is 0 Å². The minimum absolute atomic E-state index is 0.273. The topological polar surface area (TPSA) is 82.3 Å². The van der Waals surface area contributed by atoms with E-state index < -0.39 is 17.3 Å². The number of nitrogens with zero attached hydrogens (tertiary/aromatic N) is 2. The molecular formula is C21H22ClN3O4. The Morgan fingerprint density at radius 2 is 1.93 bits per heavy atom. The van der Waals surface area contributed by atoms with Crippen molar-refractivity contribution < 1.29 is 9.53 Å². The second kappa shape index (κ2) is 8.53. The van der Waals surface area contributed by atoms with E-state index in [2.05, 4.69) is 5.32 Å². The number of fused-ring (bicyclic) bond motifs is 1. The van der Waals surface area contributed by atoms with Gasteiger partial charge in [0.15, 0.2) is 0 Å². The van der Waals surface area contributed by atoms with Crippen molar-refractivity contribution in [2.75, 3.05) is 13.7 Å². The molecule has 1 atom stereocenters. The van der Waals surface area contributed by atoms with Crippen LogP contribution in [0.25, 0.3) is 16.6 Å². The summed E-state index contributed by atoms with van der Waals surface area (Å²) in [6.07, 6.45) is 0.765.